The van der Waals surface area contributed by atoms with Crippen LogP contribution in [0.1, 0.15) is 41.7 Å². The minimum atomic E-state index is -0.771. The van der Waals surface area contributed by atoms with E-state index in [4.69, 9.17) is 11.6 Å². The lowest BCUT2D eigenvalue weighted by Gasteiger charge is -2.16. The van der Waals surface area contributed by atoms with Gasteiger partial charge in [0.25, 0.3) is 0 Å². The van der Waals surface area contributed by atoms with Gasteiger partial charge in [0.1, 0.15) is 0 Å². The second-order valence-corrected chi connectivity index (χ2v) is 6.07. The molecule has 114 valence electrons. The van der Waals surface area contributed by atoms with Crippen LogP contribution in [0.25, 0.3) is 0 Å². The van der Waals surface area contributed by atoms with Gasteiger partial charge in [0, 0.05) is 5.02 Å². The van der Waals surface area contributed by atoms with Gasteiger partial charge in [0.05, 0.1) is 18.6 Å². The fraction of sp³-hybridized carbons (Fsp3) is 0.278. The molecule has 2 unspecified atom stereocenters. The Hall–Kier alpha value is -1.84. The van der Waals surface area contributed by atoms with Crippen LogP contribution in [0.3, 0.4) is 0 Å². The Kier molecular flexibility index (Phi) is 4.46. The van der Waals surface area contributed by atoms with E-state index < -0.39 is 6.10 Å². The van der Waals surface area contributed by atoms with E-state index in [1.54, 1.807) is 0 Å². The fourth-order valence-electron chi connectivity index (χ4n) is 2.96. The summed E-state index contributed by atoms with van der Waals surface area (Å²) in [7, 11) is 0. The molecule has 2 aromatic rings. The molecule has 1 aliphatic carbocycles. The van der Waals surface area contributed by atoms with Crippen LogP contribution in [0.4, 0.5) is 0 Å². The van der Waals surface area contributed by atoms with Crippen molar-refractivity contribution in [2.75, 3.05) is 0 Å². The number of amides is 1. The molecule has 2 atom stereocenters. The third-order valence-electron chi connectivity index (χ3n) is 4.08. The Labute approximate surface area is 134 Å². The largest absolute Gasteiger partial charge is 0.388 e. The normalized spacial score (nSPS) is 17.8. The highest BCUT2D eigenvalue weighted by atomic mass is 35.5. The van der Waals surface area contributed by atoms with Crippen molar-refractivity contribution in [3.63, 3.8) is 0 Å². The van der Waals surface area contributed by atoms with E-state index in [2.05, 4.69) is 5.32 Å². The van der Waals surface area contributed by atoms with Gasteiger partial charge in [-0.2, -0.15) is 0 Å². The van der Waals surface area contributed by atoms with Crippen LogP contribution >= 0.6 is 11.6 Å². The molecule has 0 saturated heterocycles. The number of carbonyl (C=O) groups is 1. The zero-order valence-corrected chi connectivity index (χ0v) is 12.9. The van der Waals surface area contributed by atoms with Gasteiger partial charge in [-0.1, -0.05) is 48.0 Å². The predicted octanol–water partition coefficient (Wildman–Crippen LogP) is 3.57. The highest BCUT2D eigenvalue weighted by Gasteiger charge is 2.24. The maximum Gasteiger partial charge on any atom is 0.223 e. The topological polar surface area (TPSA) is 49.3 Å². The number of aliphatic hydroxyl groups is 1. The van der Waals surface area contributed by atoms with Crippen LogP contribution < -0.4 is 5.32 Å². The molecule has 3 nitrogen and oxygen atoms in total. The van der Waals surface area contributed by atoms with Crippen molar-refractivity contribution in [3.05, 3.63) is 70.2 Å². The van der Waals surface area contributed by atoms with Crippen LogP contribution in [-0.4, -0.2) is 11.0 Å². The van der Waals surface area contributed by atoms with Crippen LogP contribution in [0.15, 0.2) is 48.5 Å². The summed E-state index contributed by atoms with van der Waals surface area (Å²) in [6.45, 7) is 0. The molecule has 0 heterocycles. The summed E-state index contributed by atoms with van der Waals surface area (Å²) in [6.07, 6.45) is 1.10. The summed E-state index contributed by atoms with van der Waals surface area (Å²) >= 11 is 5.99. The Morgan fingerprint density at radius 3 is 2.82 bits per heavy atom. The standard InChI is InChI=1S/C18H18ClNO2/c19-14-7-8-15-13(10-14)6-9-16(15)20-18(22)11-17(21)12-4-2-1-3-5-12/h1-5,7-8,10,16-17,21H,6,9,11H2,(H,20,22). The number of hydrogen-bond acceptors (Lipinski definition) is 2. The monoisotopic (exact) mass is 315 g/mol. The van der Waals surface area contributed by atoms with E-state index in [1.807, 2.05) is 48.5 Å². The maximum absolute atomic E-state index is 12.2. The lowest BCUT2D eigenvalue weighted by atomic mass is 10.1. The molecule has 22 heavy (non-hydrogen) atoms. The maximum atomic E-state index is 12.2. The van der Waals surface area contributed by atoms with E-state index in [9.17, 15) is 9.90 Å². The first-order valence-electron chi connectivity index (χ1n) is 7.44. The Balaban J connectivity index is 1.62. The molecule has 0 fully saturated rings. The molecule has 0 spiro atoms. The average Bonchev–Trinajstić information content (AvgIpc) is 2.90. The highest BCUT2D eigenvalue weighted by Crippen LogP contribution is 2.33. The molecule has 0 radical (unpaired) electrons. The third kappa shape index (κ3) is 3.32. The lowest BCUT2D eigenvalue weighted by Crippen LogP contribution is -2.28. The van der Waals surface area contributed by atoms with Gasteiger partial charge in [-0.25, -0.2) is 0 Å². The van der Waals surface area contributed by atoms with Gasteiger partial charge in [0.2, 0.25) is 5.91 Å². The number of aliphatic hydroxyl groups excluding tert-OH is 1. The number of benzene rings is 2. The molecule has 0 aliphatic heterocycles. The number of aryl methyl sites for hydroxylation is 1. The zero-order chi connectivity index (χ0) is 15.5. The minimum absolute atomic E-state index is 0.0164. The van der Waals surface area contributed by atoms with Gasteiger partial charge in [-0.15, -0.1) is 0 Å². The van der Waals surface area contributed by atoms with E-state index in [0.29, 0.717) is 0 Å². The summed E-state index contributed by atoms with van der Waals surface area (Å²) < 4.78 is 0. The van der Waals surface area contributed by atoms with E-state index in [0.717, 1.165) is 29.0 Å². The Morgan fingerprint density at radius 1 is 1.27 bits per heavy atom. The van der Waals surface area contributed by atoms with Crippen molar-refractivity contribution in [1.29, 1.82) is 0 Å². The molecule has 1 aliphatic rings. The van der Waals surface area contributed by atoms with Crippen LogP contribution in [0, 0.1) is 0 Å². The van der Waals surface area contributed by atoms with E-state index >= 15 is 0 Å². The minimum Gasteiger partial charge on any atom is -0.388 e. The molecular formula is C18H18ClNO2. The lowest BCUT2D eigenvalue weighted by molar-refractivity contribution is -0.123. The number of carbonyl (C=O) groups excluding carboxylic acids is 1. The Morgan fingerprint density at radius 2 is 2.05 bits per heavy atom. The van der Waals surface area contributed by atoms with E-state index in [1.165, 1.54) is 5.56 Å². The average molecular weight is 316 g/mol. The van der Waals surface area contributed by atoms with Gasteiger partial charge < -0.3 is 10.4 Å². The Bertz CT molecular complexity index is 672. The molecule has 0 aromatic heterocycles. The smallest absolute Gasteiger partial charge is 0.223 e. The number of hydrogen-bond donors (Lipinski definition) is 2. The zero-order valence-electron chi connectivity index (χ0n) is 12.1. The quantitative estimate of drug-likeness (QED) is 0.906. The molecule has 4 heteroatoms. The van der Waals surface area contributed by atoms with Crippen molar-refractivity contribution in [2.24, 2.45) is 0 Å². The van der Waals surface area contributed by atoms with Crippen LogP contribution in [0.2, 0.25) is 5.02 Å². The molecule has 0 bridgehead atoms. The van der Waals surface area contributed by atoms with Gasteiger partial charge in [-0.05, 0) is 41.7 Å². The van der Waals surface area contributed by atoms with Crippen molar-refractivity contribution in [3.8, 4) is 0 Å². The summed E-state index contributed by atoms with van der Waals surface area (Å²) in [4.78, 5) is 12.2. The number of halogens is 1. The summed E-state index contributed by atoms with van der Waals surface area (Å²) in [5.74, 6) is -0.135. The van der Waals surface area contributed by atoms with Gasteiger partial charge >= 0.3 is 0 Å². The molecule has 0 saturated carbocycles. The van der Waals surface area contributed by atoms with Gasteiger partial charge in [-0.3, -0.25) is 4.79 Å². The van der Waals surface area contributed by atoms with Crippen molar-refractivity contribution < 1.29 is 9.90 Å². The fourth-order valence-corrected chi connectivity index (χ4v) is 3.15. The van der Waals surface area contributed by atoms with Crippen LogP contribution in [0.5, 0.6) is 0 Å². The third-order valence-corrected chi connectivity index (χ3v) is 4.32. The van der Waals surface area contributed by atoms with Gasteiger partial charge in [0.15, 0.2) is 0 Å². The molecular weight excluding hydrogens is 298 g/mol. The van der Waals surface area contributed by atoms with E-state index in [-0.39, 0.29) is 18.4 Å². The molecule has 1 amide bonds. The second-order valence-electron chi connectivity index (χ2n) is 5.63. The first-order valence-corrected chi connectivity index (χ1v) is 7.82. The second kappa shape index (κ2) is 6.51. The predicted molar refractivity (Wildman–Crippen MR) is 86.7 cm³/mol. The molecule has 2 N–H and O–H groups in total. The summed E-state index contributed by atoms with van der Waals surface area (Å²) in [5, 5.41) is 13.9. The molecule has 3 rings (SSSR count). The number of nitrogens with one attached hydrogen (secondary N) is 1. The highest BCUT2D eigenvalue weighted by molar-refractivity contribution is 6.30. The first-order chi connectivity index (χ1) is 10.6. The van der Waals surface area contributed by atoms with Crippen LogP contribution in [-0.2, 0) is 11.2 Å². The van der Waals surface area contributed by atoms with Crippen molar-refractivity contribution >= 4 is 17.5 Å². The van der Waals surface area contributed by atoms with Crippen molar-refractivity contribution in [2.45, 2.75) is 31.4 Å². The number of rotatable bonds is 4. The first kappa shape index (κ1) is 15.1. The number of fused-ring (bicyclic) bond motifs is 1. The molecule has 2 aromatic carbocycles. The SMILES string of the molecule is O=C(CC(O)c1ccccc1)NC1CCc2cc(Cl)ccc21. The summed E-state index contributed by atoms with van der Waals surface area (Å²) in [5.41, 5.74) is 3.09. The van der Waals surface area contributed by atoms with Crippen molar-refractivity contribution in [1.82, 2.24) is 5.32 Å². The summed E-state index contributed by atoms with van der Waals surface area (Å²) in [6, 6.07) is 15.0.